The summed E-state index contributed by atoms with van der Waals surface area (Å²) in [5, 5.41) is 2.41. The number of ether oxygens (including phenoxy) is 1. The van der Waals surface area contributed by atoms with Crippen LogP contribution in [0.2, 0.25) is 0 Å². The van der Waals surface area contributed by atoms with Crippen LogP contribution in [0, 0.1) is 0 Å². The van der Waals surface area contributed by atoms with Crippen LogP contribution >= 0.6 is 0 Å². The minimum Gasteiger partial charge on any atom is -0.467 e. The molecule has 0 radical (unpaired) electrons. The number of carbonyl (C=O) groups is 2. The van der Waals surface area contributed by atoms with Gasteiger partial charge in [0.2, 0.25) is 5.91 Å². The highest BCUT2D eigenvalue weighted by Crippen LogP contribution is 2.27. The van der Waals surface area contributed by atoms with E-state index in [1.54, 1.807) is 0 Å². The Labute approximate surface area is 142 Å². The van der Waals surface area contributed by atoms with Gasteiger partial charge in [0.1, 0.15) is 11.8 Å². The van der Waals surface area contributed by atoms with Crippen LogP contribution in [0.15, 0.2) is 24.3 Å². The Bertz CT molecular complexity index is 730. The largest absolute Gasteiger partial charge is 0.534 e. The summed E-state index contributed by atoms with van der Waals surface area (Å²) in [4.78, 5) is 23.3. The highest BCUT2D eigenvalue weighted by molar-refractivity contribution is 7.88. The molecule has 0 aliphatic carbocycles. The van der Waals surface area contributed by atoms with Crippen LogP contribution in [0.25, 0.3) is 0 Å². The van der Waals surface area contributed by atoms with Crippen molar-refractivity contribution in [3.63, 3.8) is 0 Å². The number of halogens is 3. The lowest BCUT2D eigenvalue weighted by Crippen LogP contribution is -2.41. The minimum atomic E-state index is -5.76. The first-order valence-corrected chi connectivity index (χ1v) is 8.28. The van der Waals surface area contributed by atoms with E-state index >= 15 is 0 Å². The first-order valence-electron chi connectivity index (χ1n) is 6.88. The van der Waals surface area contributed by atoms with Crippen LogP contribution in [0.3, 0.4) is 0 Å². The van der Waals surface area contributed by atoms with Crippen molar-refractivity contribution >= 4 is 22.0 Å². The van der Waals surface area contributed by atoms with Crippen molar-refractivity contribution in [2.45, 2.75) is 31.3 Å². The lowest BCUT2D eigenvalue weighted by Gasteiger charge is -2.16. The molecule has 0 heterocycles. The zero-order valence-corrected chi connectivity index (χ0v) is 14.3. The molecule has 2 atom stereocenters. The fourth-order valence-electron chi connectivity index (χ4n) is 1.71. The Morgan fingerprint density at radius 3 is 2.08 bits per heavy atom. The van der Waals surface area contributed by atoms with E-state index in [0.29, 0.717) is 5.56 Å². The second-order valence-electron chi connectivity index (χ2n) is 5.03. The Hall–Kier alpha value is -2.30. The molecule has 25 heavy (non-hydrogen) atoms. The van der Waals surface area contributed by atoms with Gasteiger partial charge < -0.3 is 14.2 Å². The number of hydrogen-bond donors (Lipinski definition) is 1. The maximum absolute atomic E-state index is 12.2. The van der Waals surface area contributed by atoms with Crippen LogP contribution in [0.1, 0.15) is 25.3 Å². The highest BCUT2D eigenvalue weighted by Gasteiger charge is 2.48. The molecule has 11 heteroatoms. The third-order valence-electron chi connectivity index (χ3n) is 3.18. The Morgan fingerprint density at radius 2 is 1.64 bits per heavy atom. The number of amides is 1. The van der Waals surface area contributed by atoms with E-state index in [1.807, 2.05) is 0 Å². The Kier molecular flexibility index (Phi) is 6.41. The first-order chi connectivity index (χ1) is 11.4. The molecule has 1 aromatic carbocycles. The number of alkyl halides is 3. The van der Waals surface area contributed by atoms with Crippen LogP contribution in [0.5, 0.6) is 5.75 Å². The minimum absolute atomic E-state index is 0.381. The summed E-state index contributed by atoms with van der Waals surface area (Å²) >= 11 is 0. The average molecular weight is 383 g/mol. The molecule has 0 aromatic heterocycles. The third-order valence-corrected chi connectivity index (χ3v) is 4.16. The fourth-order valence-corrected chi connectivity index (χ4v) is 2.17. The summed E-state index contributed by atoms with van der Waals surface area (Å²) in [6.07, 6.45) is 0. The molecule has 1 aromatic rings. The van der Waals surface area contributed by atoms with E-state index in [-0.39, 0.29) is 0 Å². The van der Waals surface area contributed by atoms with Crippen molar-refractivity contribution in [2.75, 3.05) is 7.11 Å². The molecule has 1 rings (SSSR count). The van der Waals surface area contributed by atoms with Crippen LogP contribution in [-0.4, -0.2) is 39.0 Å². The van der Waals surface area contributed by atoms with Gasteiger partial charge in [-0.25, -0.2) is 4.79 Å². The van der Waals surface area contributed by atoms with Crippen molar-refractivity contribution in [1.82, 2.24) is 5.32 Å². The van der Waals surface area contributed by atoms with E-state index in [9.17, 15) is 31.2 Å². The zero-order valence-electron chi connectivity index (χ0n) is 13.5. The summed E-state index contributed by atoms with van der Waals surface area (Å²) in [5.74, 6) is -2.45. The molecule has 0 bridgehead atoms. The van der Waals surface area contributed by atoms with Gasteiger partial charge in [0, 0.05) is 0 Å². The molecule has 0 spiro atoms. The topological polar surface area (TPSA) is 98.8 Å². The lowest BCUT2D eigenvalue weighted by molar-refractivity contribution is -0.144. The molecule has 2 unspecified atom stereocenters. The molecule has 0 saturated carbocycles. The Balaban J connectivity index is 2.82. The second kappa shape index (κ2) is 7.72. The average Bonchev–Trinajstić information content (AvgIpc) is 2.52. The van der Waals surface area contributed by atoms with E-state index in [2.05, 4.69) is 14.2 Å². The zero-order chi connectivity index (χ0) is 19.4. The smallest absolute Gasteiger partial charge is 0.467 e. The van der Waals surface area contributed by atoms with E-state index in [4.69, 9.17) is 0 Å². The van der Waals surface area contributed by atoms with E-state index in [0.717, 1.165) is 12.1 Å². The van der Waals surface area contributed by atoms with Gasteiger partial charge in [-0.15, -0.1) is 0 Å². The number of esters is 1. The van der Waals surface area contributed by atoms with Gasteiger partial charge in [-0.1, -0.05) is 12.1 Å². The van der Waals surface area contributed by atoms with Crippen LogP contribution in [-0.2, 0) is 24.4 Å². The molecule has 0 fully saturated rings. The van der Waals surface area contributed by atoms with E-state index < -0.39 is 45.2 Å². The SMILES string of the molecule is COC(=O)C(C)NC(=O)C(C)c1ccc(OS(=O)(=O)C(F)(F)F)cc1. The van der Waals surface area contributed by atoms with Gasteiger partial charge in [0.25, 0.3) is 0 Å². The summed E-state index contributed by atoms with van der Waals surface area (Å²) in [5.41, 5.74) is -5.16. The number of carbonyl (C=O) groups excluding carboxylic acids is 2. The molecule has 1 N–H and O–H groups in total. The van der Waals surface area contributed by atoms with Crippen molar-refractivity contribution in [3.05, 3.63) is 29.8 Å². The number of nitrogens with one attached hydrogen (secondary N) is 1. The molecule has 0 aliphatic heterocycles. The van der Waals surface area contributed by atoms with Gasteiger partial charge in [0.15, 0.2) is 0 Å². The molecule has 0 saturated heterocycles. The maximum atomic E-state index is 12.2. The lowest BCUT2D eigenvalue weighted by atomic mass is 10.00. The van der Waals surface area contributed by atoms with Crippen molar-refractivity contribution < 1.29 is 40.1 Å². The molecule has 140 valence electrons. The third kappa shape index (κ3) is 5.34. The summed E-state index contributed by atoms with van der Waals surface area (Å²) in [7, 11) is -4.59. The van der Waals surface area contributed by atoms with Crippen molar-refractivity contribution in [3.8, 4) is 5.75 Å². The van der Waals surface area contributed by atoms with Crippen molar-refractivity contribution in [1.29, 1.82) is 0 Å². The maximum Gasteiger partial charge on any atom is 0.534 e. The van der Waals surface area contributed by atoms with Crippen molar-refractivity contribution in [2.24, 2.45) is 0 Å². The fraction of sp³-hybridized carbons (Fsp3) is 0.429. The molecular formula is C14H16F3NO6S. The number of methoxy groups -OCH3 is 1. The van der Waals surface area contributed by atoms with E-state index in [1.165, 1.54) is 33.1 Å². The Morgan fingerprint density at radius 1 is 1.12 bits per heavy atom. The molecule has 1 amide bonds. The predicted molar refractivity (Wildman–Crippen MR) is 80.1 cm³/mol. The quantitative estimate of drug-likeness (QED) is 0.456. The molecular weight excluding hydrogens is 367 g/mol. The van der Waals surface area contributed by atoms with Gasteiger partial charge in [0.05, 0.1) is 13.0 Å². The molecule has 7 nitrogen and oxygen atoms in total. The second-order valence-corrected chi connectivity index (χ2v) is 6.57. The monoisotopic (exact) mass is 383 g/mol. The molecule has 0 aliphatic rings. The van der Waals surface area contributed by atoms with Gasteiger partial charge in [-0.2, -0.15) is 21.6 Å². The predicted octanol–water partition coefficient (Wildman–Crippen LogP) is 1.70. The summed E-state index contributed by atoms with van der Waals surface area (Å²) in [6, 6.07) is 3.60. The highest BCUT2D eigenvalue weighted by atomic mass is 32.2. The number of benzene rings is 1. The normalized spacial score (nSPS) is 14.3. The standard InChI is InChI=1S/C14H16F3NO6S/c1-8(12(19)18-9(2)13(20)23-3)10-4-6-11(7-5-10)24-25(21,22)14(15,16)17/h4-9H,1-3H3,(H,18,19). The number of rotatable bonds is 6. The van der Waals surface area contributed by atoms with Gasteiger partial charge >= 0.3 is 21.6 Å². The van der Waals surface area contributed by atoms with Gasteiger partial charge in [-0.3, -0.25) is 4.79 Å². The van der Waals surface area contributed by atoms with Crippen LogP contribution in [0.4, 0.5) is 13.2 Å². The van der Waals surface area contributed by atoms with Gasteiger partial charge in [-0.05, 0) is 31.5 Å². The summed E-state index contributed by atoms with van der Waals surface area (Å²) in [6.45, 7) is 2.93. The number of hydrogen-bond acceptors (Lipinski definition) is 6. The van der Waals surface area contributed by atoms with Crippen LogP contribution < -0.4 is 9.50 Å². The summed E-state index contributed by atoms with van der Waals surface area (Å²) < 4.78 is 67.0. The first kappa shape index (κ1) is 20.7.